The van der Waals surface area contributed by atoms with Crippen molar-refractivity contribution in [2.45, 2.75) is 50.8 Å². The van der Waals surface area contributed by atoms with Crippen LogP contribution in [0.5, 0.6) is 0 Å². The Morgan fingerprint density at radius 1 is 1.39 bits per heavy atom. The van der Waals surface area contributed by atoms with Crippen LogP contribution in [0.2, 0.25) is 0 Å². The first-order valence-electron chi connectivity index (χ1n) is 11.2. The van der Waals surface area contributed by atoms with Crippen molar-refractivity contribution < 1.29 is 38.7 Å². The third-order valence-electron chi connectivity index (χ3n) is 5.04. The number of carbonyl (C=O) groups excluding carboxylic acids is 4. The lowest BCUT2D eigenvalue weighted by Gasteiger charge is -2.49. The lowest BCUT2D eigenvalue weighted by Crippen LogP contribution is -2.71. The summed E-state index contributed by atoms with van der Waals surface area (Å²) in [7, 11) is 0. The third-order valence-corrected chi connectivity index (χ3v) is 7.79. The first kappa shape index (κ1) is 29.4. The van der Waals surface area contributed by atoms with Crippen molar-refractivity contribution in [3.05, 3.63) is 22.3 Å². The molecule has 3 N–H and O–H groups in total. The molecule has 2 aliphatic heterocycles. The van der Waals surface area contributed by atoms with Gasteiger partial charge in [-0.2, -0.15) is 11.8 Å². The minimum Gasteiger partial charge on any atom is -0.477 e. The molecule has 3 rings (SSSR count). The zero-order valence-corrected chi connectivity index (χ0v) is 23.6. The molecule has 16 heteroatoms. The summed E-state index contributed by atoms with van der Waals surface area (Å²) < 4.78 is 5.25. The number of nitrogens with one attached hydrogen (secondary N) is 2. The molecular weight excluding hydrogens is 558 g/mol. The van der Waals surface area contributed by atoms with Crippen molar-refractivity contribution in [1.29, 1.82) is 0 Å². The van der Waals surface area contributed by atoms with E-state index in [0.29, 0.717) is 23.5 Å². The number of carboxylic acid groups (broad SMARTS) is 1. The molecule has 0 radical (unpaired) electrons. The summed E-state index contributed by atoms with van der Waals surface area (Å²) in [5.74, 6) is -2.46. The van der Waals surface area contributed by atoms with Crippen molar-refractivity contribution in [3.63, 3.8) is 0 Å². The summed E-state index contributed by atoms with van der Waals surface area (Å²) in [6.07, 6.45) is 1.09. The highest BCUT2D eigenvalue weighted by atomic mass is 32.2. The topological polar surface area (TPSA) is 177 Å². The van der Waals surface area contributed by atoms with Gasteiger partial charge in [0.15, 0.2) is 10.8 Å². The van der Waals surface area contributed by atoms with Crippen LogP contribution in [0.3, 0.4) is 0 Å². The minimum absolute atomic E-state index is 0.0292. The fourth-order valence-corrected chi connectivity index (χ4v) is 6.16. The summed E-state index contributed by atoms with van der Waals surface area (Å²) >= 11 is 3.81. The Hall–Kier alpha value is -3.11. The van der Waals surface area contributed by atoms with Crippen LogP contribution < -0.4 is 10.6 Å². The molecule has 13 nitrogen and oxygen atoms in total. The summed E-state index contributed by atoms with van der Waals surface area (Å²) in [6, 6.07) is -1.02. The van der Waals surface area contributed by atoms with Crippen LogP contribution in [0.25, 0.3) is 0 Å². The van der Waals surface area contributed by atoms with Crippen LogP contribution in [0.1, 0.15) is 33.4 Å². The number of β-lactam (4-membered cyclic amide) rings is 1. The molecule has 3 atom stereocenters. The van der Waals surface area contributed by atoms with E-state index in [1.807, 2.05) is 6.26 Å². The highest BCUT2D eigenvalue weighted by Gasteiger charge is 2.54. The fraction of sp³-hybridized carbons (Fsp3) is 0.500. The molecule has 1 saturated heterocycles. The summed E-state index contributed by atoms with van der Waals surface area (Å²) in [4.78, 5) is 71.7. The number of rotatable bonds is 11. The Kier molecular flexibility index (Phi) is 9.43. The summed E-state index contributed by atoms with van der Waals surface area (Å²) in [5, 5.41) is 19.5. The molecule has 1 aromatic heterocycles. The van der Waals surface area contributed by atoms with Crippen molar-refractivity contribution >= 4 is 75.9 Å². The van der Waals surface area contributed by atoms with Gasteiger partial charge in [0.2, 0.25) is 12.5 Å². The molecule has 0 saturated carbocycles. The Bertz CT molecular complexity index is 1190. The molecule has 0 aliphatic carbocycles. The maximum absolute atomic E-state index is 13.3. The van der Waals surface area contributed by atoms with E-state index in [1.165, 1.54) is 40.7 Å². The maximum Gasteiger partial charge on any atom is 0.352 e. The van der Waals surface area contributed by atoms with Gasteiger partial charge in [0.25, 0.3) is 11.8 Å². The third kappa shape index (κ3) is 6.66. The number of esters is 1. The molecule has 0 spiro atoms. The van der Waals surface area contributed by atoms with Gasteiger partial charge >= 0.3 is 11.9 Å². The number of hydrogen-bond donors (Lipinski definition) is 3. The molecular formula is C22H27N5O8S3. The standard InChI is InChI=1S/C22H27N5O8S3/c1-10(20(33)34-22(2,3)4)35-26-13(12-8-38-21(24-12)23-9-28)16(29)25-14-17(30)27-15(19(31)32)11(6-36-5)7-37-18(14)27/h8-10,14,18H,6-7H2,1-5H3,(H,25,29)(H,31,32)(H,23,24,28)/b26-13+/t10?,14?,18-/m1/s1. The van der Waals surface area contributed by atoms with Gasteiger partial charge in [-0.3, -0.25) is 19.3 Å². The van der Waals surface area contributed by atoms with Gasteiger partial charge < -0.3 is 25.3 Å². The molecule has 3 heterocycles. The Balaban J connectivity index is 1.82. The molecule has 2 unspecified atom stereocenters. The van der Waals surface area contributed by atoms with Gasteiger partial charge in [-0.25, -0.2) is 14.6 Å². The van der Waals surface area contributed by atoms with E-state index in [2.05, 4.69) is 20.8 Å². The van der Waals surface area contributed by atoms with E-state index >= 15 is 0 Å². The lowest BCUT2D eigenvalue weighted by molar-refractivity contribution is -0.167. The number of aromatic nitrogens is 1. The predicted molar refractivity (Wildman–Crippen MR) is 143 cm³/mol. The van der Waals surface area contributed by atoms with E-state index in [9.17, 15) is 29.1 Å². The van der Waals surface area contributed by atoms with Crippen molar-refractivity contribution in [1.82, 2.24) is 15.2 Å². The number of thiazole rings is 1. The molecule has 1 fully saturated rings. The number of aliphatic carboxylic acids is 1. The Labute approximate surface area is 230 Å². The number of thioether (sulfide) groups is 2. The molecule has 2 aliphatic rings. The summed E-state index contributed by atoms with van der Waals surface area (Å²) in [6.45, 7) is 6.46. The van der Waals surface area contributed by atoms with E-state index in [-0.39, 0.29) is 22.2 Å². The monoisotopic (exact) mass is 585 g/mol. The molecule has 1 aromatic rings. The fourth-order valence-electron chi connectivity index (χ4n) is 3.44. The maximum atomic E-state index is 13.3. The molecule has 38 heavy (non-hydrogen) atoms. The highest BCUT2D eigenvalue weighted by molar-refractivity contribution is 8.00. The van der Waals surface area contributed by atoms with Gasteiger partial charge in [0.05, 0.1) is 0 Å². The minimum atomic E-state index is -1.21. The van der Waals surface area contributed by atoms with Crippen LogP contribution in [-0.2, 0) is 33.5 Å². The number of ether oxygens (including phenoxy) is 1. The zero-order chi connectivity index (χ0) is 28.2. The largest absolute Gasteiger partial charge is 0.477 e. The second kappa shape index (κ2) is 12.2. The number of amides is 3. The second-order valence-corrected chi connectivity index (χ2v) is 11.9. The molecule has 206 valence electrons. The van der Waals surface area contributed by atoms with E-state index in [1.54, 1.807) is 20.8 Å². The first-order valence-corrected chi connectivity index (χ1v) is 14.5. The molecule has 0 aromatic carbocycles. The van der Waals surface area contributed by atoms with Gasteiger partial charge in [-0.1, -0.05) is 5.16 Å². The van der Waals surface area contributed by atoms with Crippen LogP contribution in [0, 0.1) is 0 Å². The van der Waals surface area contributed by atoms with Crippen LogP contribution in [0.4, 0.5) is 5.13 Å². The van der Waals surface area contributed by atoms with Gasteiger partial charge in [0.1, 0.15) is 28.4 Å². The van der Waals surface area contributed by atoms with Crippen LogP contribution >= 0.6 is 34.9 Å². The van der Waals surface area contributed by atoms with Gasteiger partial charge in [-0.05, 0) is 39.5 Å². The second-order valence-electron chi connectivity index (χ2n) is 9.07. The van der Waals surface area contributed by atoms with E-state index < -0.39 is 46.9 Å². The van der Waals surface area contributed by atoms with Crippen LogP contribution in [-0.4, -0.2) is 91.7 Å². The number of oxime groups is 1. The van der Waals surface area contributed by atoms with E-state index in [4.69, 9.17) is 9.57 Å². The van der Waals surface area contributed by atoms with E-state index in [0.717, 1.165) is 11.3 Å². The summed E-state index contributed by atoms with van der Waals surface area (Å²) in [5.41, 5.74) is -0.517. The van der Waals surface area contributed by atoms with Crippen molar-refractivity contribution in [3.8, 4) is 0 Å². The molecule has 3 amide bonds. The lowest BCUT2D eigenvalue weighted by atomic mass is 10.0. The number of hydrogen-bond acceptors (Lipinski definition) is 12. The van der Waals surface area contributed by atoms with Gasteiger partial charge in [-0.15, -0.1) is 23.1 Å². The van der Waals surface area contributed by atoms with Gasteiger partial charge in [0, 0.05) is 16.9 Å². The Morgan fingerprint density at radius 3 is 2.71 bits per heavy atom. The smallest absolute Gasteiger partial charge is 0.352 e. The number of anilines is 1. The normalized spacial score (nSPS) is 20.2. The quantitative estimate of drug-likeness (QED) is 0.112. The number of nitrogens with zero attached hydrogens (tertiary/aromatic N) is 3. The predicted octanol–water partition coefficient (Wildman–Crippen LogP) is 1.26. The SMILES string of the molecule is CSCC1=C(C(=O)O)N2C(=O)C(NC(=O)/C(=N/OC(C)C(=O)OC(C)(C)C)c3csc(NC=O)n3)[C@H]2SC1. The number of carboxylic acids is 1. The van der Waals surface area contributed by atoms with Crippen molar-refractivity contribution in [2.75, 3.05) is 23.1 Å². The van der Waals surface area contributed by atoms with Crippen molar-refractivity contribution in [2.24, 2.45) is 5.16 Å². The average Bonchev–Trinajstić information content (AvgIpc) is 3.29. The average molecular weight is 586 g/mol. The van der Waals surface area contributed by atoms with Crippen LogP contribution in [0.15, 0.2) is 21.8 Å². The number of carbonyl (C=O) groups is 5. The number of fused-ring (bicyclic) bond motifs is 1. The highest BCUT2D eigenvalue weighted by Crippen LogP contribution is 2.41. The zero-order valence-electron chi connectivity index (χ0n) is 21.2. The Morgan fingerprint density at radius 2 is 2.11 bits per heavy atom. The first-order chi connectivity index (χ1) is 17.9. The molecule has 0 bridgehead atoms.